The average molecular weight is 498 g/mol. The van der Waals surface area contributed by atoms with Gasteiger partial charge in [-0.25, -0.2) is 23.2 Å². The van der Waals surface area contributed by atoms with Crippen LogP contribution >= 0.6 is 11.6 Å². The molecule has 0 aliphatic heterocycles. The first-order chi connectivity index (χ1) is 16.3. The van der Waals surface area contributed by atoms with E-state index in [0.717, 1.165) is 19.3 Å². The predicted molar refractivity (Wildman–Crippen MR) is 131 cm³/mol. The Morgan fingerprint density at radius 3 is 2.29 bits per heavy atom. The maximum Gasteiger partial charge on any atom is 0.319 e. The fourth-order valence-electron chi connectivity index (χ4n) is 4.05. The molecule has 2 fully saturated rings. The number of hydrogen-bond acceptors (Lipinski definition) is 6. The lowest BCUT2D eigenvalue weighted by molar-refractivity contribution is 0.240. The maximum atomic E-state index is 13.4. The molecule has 0 spiro atoms. The van der Waals surface area contributed by atoms with Gasteiger partial charge < -0.3 is 16.4 Å². The van der Waals surface area contributed by atoms with Gasteiger partial charge in [-0.1, -0.05) is 11.6 Å². The van der Waals surface area contributed by atoms with Crippen LogP contribution in [0, 0.1) is 0 Å². The van der Waals surface area contributed by atoms with Crippen LogP contribution in [-0.2, 0) is 14.6 Å². The van der Waals surface area contributed by atoms with E-state index in [1.807, 2.05) is 0 Å². The summed E-state index contributed by atoms with van der Waals surface area (Å²) < 4.78 is 25.8. The Balaban J connectivity index is 1.39. The molecule has 10 heteroatoms. The molecule has 8 nitrogen and oxygen atoms in total. The van der Waals surface area contributed by atoms with Gasteiger partial charge in [-0.05, 0) is 80.6 Å². The number of nitrogen functional groups attached to an aromatic ring is 1. The molecule has 4 N–H and O–H groups in total. The fraction of sp³-hybridized carbons (Fsp3) is 0.292. The zero-order chi connectivity index (χ0) is 23.9. The zero-order valence-electron chi connectivity index (χ0n) is 18.3. The van der Waals surface area contributed by atoms with E-state index in [1.54, 1.807) is 36.4 Å². The number of rotatable bonds is 6. The summed E-state index contributed by atoms with van der Waals surface area (Å²) in [5.74, 6) is 0.526. The Bertz CT molecular complexity index is 1340. The molecule has 1 heterocycles. The van der Waals surface area contributed by atoms with Gasteiger partial charge in [0.05, 0.1) is 10.6 Å². The number of nitrogens with zero attached hydrogens (tertiary/aromatic N) is 2. The van der Waals surface area contributed by atoms with Crippen molar-refractivity contribution in [3.8, 4) is 11.4 Å². The Morgan fingerprint density at radius 1 is 1.03 bits per heavy atom. The molecule has 0 unspecified atom stereocenters. The van der Waals surface area contributed by atoms with Crippen LogP contribution in [-0.4, -0.2) is 30.5 Å². The average Bonchev–Trinajstić information content (AvgIpc) is 3.60. The van der Waals surface area contributed by atoms with Crippen molar-refractivity contribution in [2.24, 2.45) is 0 Å². The van der Waals surface area contributed by atoms with E-state index in [9.17, 15) is 13.2 Å². The van der Waals surface area contributed by atoms with Gasteiger partial charge in [0.1, 0.15) is 10.6 Å². The summed E-state index contributed by atoms with van der Waals surface area (Å²) in [6.45, 7) is 0. The molecule has 0 radical (unpaired) electrons. The lowest BCUT2D eigenvalue weighted by atomic mass is 9.93. The largest absolute Gasteiger partial charge is 0.384 e. The number of urea groups is 1. The zero-order valence-corrected chi connectivity index (χ0v) is 19.9. The van der Waals surface area contributed by atoms with Crippen molar-refractivity contribution >= 4 is 39.0 Å². The van der Waals surface area contributed by atoms with Crippen LogP contribution in [0.25, 0.3) is 11.4 Å². The van der Waals surface area contributed by atoms with E-state index in [2.05, 4.69) is 20.6 Å². The van der Waals surface area contributed by atoms with Crippen LogP contribution in [0.4, 0.5) is 16.3 Å². The van der Waals surface area contributed by atoms with Crippen molar-refractivity contribution in [3.63, 3.8) is 0 Å². The van der Waals surface area contributed by atoms with Crippen LogP contribution in [0.1, 0.15) is 37.8 Å². The molecule has 0 atom stereocenters. The van der Waals surface area contributed by atoms with Crippen molar-refractivity contribution in [1.29, 1.82) is 0 Å². The molecule has 1 aromatic heterocycles. The molecule has 34 heavy (non-hydrogen) atoms. The molecule has 5 rings (SSSR count). The Morgan fingerprint density at radius 2 is 1.71 bits per heavy atom. The Hall–Kier alpha value is -3.17. The van der Waals surface area contributed by atoms with Crippen molar-refractivity contribution in [3.05, 3.63) is 65.3 Å². The molecule has 176 valence electrons. The minimum Gasteiger partial charge on any atom is -0.384 e. The van der Waals surface area contributed by atoms with Gasteiger partial charge in [-0.2, -0.15) is 0 Å². The van der Waals surface area contributed by atoms with E-state index in [1.165, 1.54) is 18.2 Å². The number of anilines is 2. The van der Waals surface area contributed by atoms with Gasteiger partial charge >= 0.3 is 6.03 Å². The van der Waals surface area contributed by atoms with Gasteiger partial charge in [0, 0.05) is 28.4 Å². The highest BCUT2D eigenvalue weighted by atomic mass is 35.5. The molecule has 3 aromatic rings. The highest BCUT2D eigenvalue weighted by Gasteiger charge is 2.57. The Labute approximate surface area is 202 Å². The second-order valence-corrected chi connectivity index (χ2v) is 11.5. The van der Waals surface area contributed by atoms with Crippen LogP contribution < -0.4 is 16.4 Å². The van der Waals surface area contributed by atoms with Gasteiger partial charge in [0.2, 0.25) is 0 Å². The molecule has 2 saturated carbocycles. The van der Waals surface area contributed by atoms with E-state index in [0.29, 0.717) is 40.6 Å². The molecule has 2 amide bonds. The number of sulfone groups is 1. The molecule has 2 aromatic carbocycles. The van der Waals surface area contributed by atoms with E-state index in [4.69, 9.17) is 17.3 Å². The molecule has 0 bridgehead atoms. The van der Waals surface area contributed by atoms with Crippen molar-refractivity contribution < 1.29 is 13.2 Å². The minimum atomic E-state index is -3.70. The van der Waals surface area contributed by atoms with Gasteiger partial charge in [0.15, 0.2) is 15.7 Å². The summed E-state index contributed by atoms with van der Waals surface area (Å²) in [5.41, 5.74) is 7.73. The van der Waals surface area contributed by atoms with E-state index < -0.39 is 14.6 Å². The predicted octanol–water partition coefficient (Wildman–Crippen LogP) is 4.52. The van der Waals surface area contributed by atoms with Gasteiger partial charge in [-0.3, -0.25) is 0 Å². The van der Waals surface area contributed by atoms with Crippen molar-refractivity contribution in [2.75, 3.05) is 11.1 Å². The van der Waals surface area contributed by atoms with E-state index >= 15 is 0 Å². The topological polar surface area (TPSA) is 127 Å². The van der Waals surface area contributed by atoms with Crippen LogP contribution in [0.2, 0.25) is 5.02 Å². The summed E-state index contributed by atoms with van der Waals surface area (Å²) in [5, 5.41) is 6.21. The second kappa shape index (κ2) is 8.56. The third kappa shape index (κ3) is 4.21. The van der Waals surface area contributed by atoms with Gasteiger partial charge in [0.25, 0.3) is 0 Å². The maximum absolute atomic E-state index is 13.4. The molecular weight excluding hydrogens is 474 g/mol. The number of benzene rings is 2. The lowest BCUT2D eigenvalue weighted by Gasteiger charge is -2.26. The number of nitrogens with one attached hydrogen (secondary N) is 2. The summed E-state index contributed by atoms with van der Waals surface area (Å²) in [6, 6.07) is 14.7. The second-order valence-electron chi connectivity index (χ2n) is 8.76. The molecule has 2 aliphatic carbocycles. The number of amides is 2. The van der Waals surface area contributed by atoms with Crippen LogP contribution in [0.3, 0.4) is 0 Å². The molecular formula is C24H24ClN5O3S. The lowest BCUT2D eigenvalue weighted by Crippen LogP contribution is -2.41. The first kappa shape index (κ1) is 22.6. The SMILES string of the molecule is Nc1cc(C2(S(=O)(=O)c3ccc(Cl)cc3)CC2)nc(-c2ccc(NC(=O)NC3CCC3)cc2)n1. The number of nitrogens with two attached hydrogens (primary N) is 1. The smallest absolute Gasteiger partial charge is 0.319 e. The highest BCUT2D eigenvalue weighted by molar-refractivity contribution is 7.92. The summed E-state index contributed by atoms with van der Waals surface area (Å²) in [7, 11) is -3.70. The van der Waals surface area contributed by atoms with Crippen LogP contribution in [0.5, 0.6) is 0 Å². The number of carbonyl (C=O) groups is 1. The number of aromatic nitrogens is 2. The number of carbonyl (C=O) groups excluding carboxylic acids is 1. The van der Waals surface area contributed by atoms with E-state index in [-0.39, 0.29) is 22.8 Å². The minimum absolute atomic E-state index is 0.194. The first-order valence-electron chi connectivity index (χ1n) is 11.1. The number of halogens is 1. The Kier molecular flexibility index (Phi) is 5.69. The first-order valence-corrected chi connectivity index (χ1v) is 13.0. The normalized spacial score (nSPS) is 17.0. The molecule has 0 saturated heterocycles. The van der Waals surface area contributed by atoms with Gasteiger partial charge in [-0.15, -0.1) is 0 Å². The van der Waals surface area contributed by atoms with Crippen LogP contribution in [0.15, 0.2) is 59.5 Å². The summed E-state index contributed by atoms with van der Waals surface area (Å²) >= 11 is 5.93. The fourth-order valence-corrected chi connectivity index (χ4v) is 6.14. The van der Waals surface area contributed by atoms with Crippen molar-refractivity contribution in [1.82, 2.24) is 15.3 Å². The summed E-state index contributed by atoms with van der Waals surface area (Å²) in [6.07, 6.45) is 4.07. The summed E-state index contributed by atoms with van der Waals surface area (Å²) in [4.78, 5) is 21.2. The number of hydrogen-bond donors (Lipinski definition) is 3. The standard InChI is InChI=1S/C24H24ClN5O3S/c25-16-6-10-19(11-7-16)34(32,33)24(12-13-24)20-14-21(26)30-22(29-20)15-4-8-18(9-5-15)28-23(31)27-17-2-1-3-17/h4-11,14,17H,1-3,12-13H2,(H2,26,29,30)(H2,27,28,31). The quantitative estimate of drug-likeness (QED) is 0.459. The third-order valence-electron chi connectivity index (χ3n) is 6.40. The third-order valence-corrected chi connectivity index (χ3v) is 9.19. The highest BCUT2D eigenvalue weighted by Crippen LogP contribution is 2.55. The van der Waals surface area contributed by atoms with Crippen molar-refractivity contribution in [2.45, 2.75) is 47.8 Å². The monoisotopic (exact) mass is 497 g/mol. The molecule has 2 aliphatic rings.